The molecule has 0 aliphatic rings. The lowest BCUT2D eigenvalue weighted by atomic mass is 9.91. The molecule has 4 heteroatoms. The fourth-order valence-electron chi connectivity index (χ4n) is 2.22. The van der Waals surface area contributed by atoms with Crippen LogP contribution in [0.4, 0.5) is 0 Å². The van der Waals surface area contributed by atoms with Crippen LogP contribution in [0.3, 0.4) is 0 Å². The number of Topliss-reactive ketones (excluding diaryl/α,β-unsaturated/α-hetero) is 1. The van der Waals surface area contributed by atoms with Crippen LogP contribution in [0.1, 0.15) is 31.2 Å². The molecule has 1 unspecified atom stereocenters. The molecule has 2 N–H and O–H groups in total. The Labute approximate surface area is 105 Å². The number of para-hydroxylation sites is 1. The largest absolute Gasteiger partial charge is 0.476 e. The van der Waals surface area contributed by atoms with Crippen LogP contribution in [-0.2, 0) is 9.59 Å². The summed E-state index contributed by atoms with van der Waals surface area (Å²) in [5.74, 6) is -2.13. The van der Waals surface area contributed by atoms with Crippen LogP contribution in [0, 0.1) is 0 Å². The van der Waals surface area contributed by atoms with Crippen molar-refractivity contribution in [2.75, 3.05) is 0 Å². The molecule has 0 aliphatic heterocycles. The number of aromatic nitrogens is 1. The van der Waals surface area contributed by atoms with Crippen molar-refractivity contribution < 1.29 is 14.7 Å². The summed E-state index contributed by atoms with van der Waals surface area (Å²) in [6.07, 6.45) is 2.66. The van der Waals surface area contributed by atoms with Crippen molar-refractivity contribution >= 4 is 22.7 Å². The number of rotatable bonds is 5. The smallest absolute Gasteiger partial charge is 0.372 e. The fraction of sp³-hybridized carbons (Fsp3) is 0.286. The van der Waals surface area contributed by atoms with Gasteiger partial charge in [-0.25, -0.2) is 4.79 Å². The number of H-pyrrole nitrogens is 1. The zero-order valence-electron chi connectivity index (χ0n) is 10.1. The molecule has 0 spiro atoms. The lowest BCUT2D eigenvalue weighted by Crippen LogP contribution is -2.15. The molecule has 94 valence electrons. The Balaban J connectivity index is 2.33. The quantitative estimate of drug-likeness (QED) is 0.796. The standard InChI is InChI=1S/C14H15NO3/c1-2-9(7-13(16)14(17)18)11-8-15-12-6-4-3-5-10(11)12/h3-6,8-9,15H,2,7H2,1H3,(H,17,18). The lowest BCUT2D eigenvalue weighted by Gasteiger charge is -2.11. The van der Waals surface area contributed by atoms with Gasteiger partial charge in [-0.1, -0.05) is 25.1 Å². The van der Waals surface area contributed by atoms with Crippen molar-refractivity contribution in [3.8, 4) is 0 Å². The number of benzene rings is 1. The summed E-state index contributed by atoms with van der Waals surface area (Å²) >= 11 is 0. The van der Waals surface area contributed by atoms with E-state index in [9.17, 15) is 9.59 Å². The summed E-state index contributed by atoms with van der Waals surface area (Å²) < 4.78 is 0. The third-order valence-corrected chi connectivity index (χ3v) is 3.22. The molecule has 0 aliphatic carbocycles. The Kier molecular flexibility index (Phi) is 3.46. The molecule has 2 rings (SSSR count). The molecule has 0 saturated carbocycles. The summed E-state index contributed by atoms with van der Waals surface area (Å²) in [4.78, 5) is 25.1. The predicted molar refractivity (Wildman–Crippen MR) is 68.6 cm³/mol. The van der Waals surface area contributed by atoms with E-state index >= 15 is 0 Å². The van der Waals surface area contributed by atoms with Crippen LogP contribution in [-0.4, -0.2) is 21.8 Å². The average Bonchev–Trinajstić information content (AvgIpc) is 2.79. The molecule has 18 heavy (non-hydrogen) atoms. The SMILES string of the molecule is CCC(CC(=O)C(=O)O)c1c[nH]c2ccccc12. The van der Waals surface area contributed by atoms with Crippen LogP contribution in [0.2, 0.25) is 0 Å². The van der Waals surface area contributed by atoms with E-state index in [4.69, 9.17) is 5.11 Å². The van der Waals surface area contributed by atoms with Crippen LogP contribution >= 0.6 is 0 Å². The van der Waals surface area contributed by atoms with E-state index in [0.29, 0.717) is 0 Å². The van der Waals surface area contributed by atoms with Crippen molar-refractivity contribution in [2.45, 2.75) is 25.7 Å². The molecular formula is C14H15NO3. The van der Waals surface area contributed by atoms with Crippen LogP contribution < -0.4 is 0 Å². The van der Waals surface area contributed by atoms with Gasteiger partial charge in [-0.3, -0.25) is 4.79 Å². The second-order valence-corrected chi connectivity index (χ2v) is 4.33. The Hall–Kier alpha value is -2.10. The minimum absolute atomic E-state index is 0.0493. The Morgan fingerprint density at radius 3 is 2.72 bits per heavy atom. The van der Waals surface area contributed by atoms with Gasteiger partial charge < -0.3 is 10.1 Å². The van der Waals surface area contributed by atoms with Crippen molar-refractivity contribution in [3.63, 3.8) is 0 Å². The minimum Gasteiger partial charge on any atom is -0.476 e. The van der Waals surface area contributed by atoms with E-state index in [1.165, 1.54) is 0 Å². The highest BCUT2D eigenvalue weighted by molar-refractivity contribution is 6.32. The Bertz CT molecular complexity index is 585. The second-order valence-electron chi connectivity index (χ2n) is 4.33. The second kappa shape index (κ2) is 5.04. The number of carbonyl (C=O) groups excluding carboxylic acids is 1. The van der Waals surface area contributed by atoms with E-state index in [1.807, 2.05) is 37.4 Å². The summed E-state index contributed by atoms with van der Waals surface area (Å²) in [5.41, 5.74) is 2.02. The number of carboxylic acids is 1. The number of fused-ring (bicyclic) bond motifs is 1. The van der Waals surface area contributed by atoms with Gasteiger partial charge in [0, 0.05) is 23.5 Å². The van der Waals surface area contributed by atoms with Gasteiger partial charge in [0.15, 0.2) is 0 Å². The molecule has 0 fully saturated rings. The summed E-state index contributed by atoms with van der Waals surface area (Å²) in [6.45, 7) is 1.96. The maximum absolute atomic E-state index is 11.3. The number of aromatic amines is 1. The van der Waals surface area contributed by atoms with Gasteiger partial charge in [-0.05, 0) is 24.0 Å². The molecule has 2 aromatic rings. The third kappa shape index (κ3) is 2.27. The van der Waals surface area contributed by atoms with E-state index in [0.717, 1.165) is 22.9 Å². The molecule has 0 radical (unpaired) electrons. The molecule has 0 saturated heterocycles. The fourth-order valence-corrected chi connectivity index (χ4v) is 2.22. The number of hydrogen-bond donors (Lipinski definition) is 2. The van der Waals surface area contributed by atoms with Crippen molar-refractivity contribution in [1.82, 2.24) is 4.98 Å². The van der Waals surface area contributed by atoms with Gasteiger partial charge in [0.05, 0.1) is 0 Å². The summed E-state index contributed by atoms with van der Waals surface area (Å²) in [6, 6.07) is 7.82. The van der Waals surface area contributed by atoms with E-state index in [1.54, 1.807) is 0 Å². The minimum atomic E-state index is -1.35. The number of nitrogens with one attached hydrogen (secondary N) is 1. The highest BCUT2D eigenvalue weighted by Gasteiger charge is 2.21. The maximum atomic E-state index is 11.3. The zero-order chi connectivity index (χ0) is 13.1. The topological polar surface area (TPSA) is 70.2 Å². The van der Waals surface area contributed by atoms with E-state index < -0.39 is 11.8 Å². The summed E-state index contributed by atoms with van der Waals surface area (Å²) in [7, 11) is 0. The van der Waals surface area contributed by atoms with Crippen LogP contribution in [0.5, 0.6) is 0 Å². The number of hydrogen-bond acceptors (Lipinski definition) is 2. The van der Waals surface area contributed by atoms with Gasteiger partial charge in [-0.2, -0.15) is 0 Å². The number of aliphatic carboxylic acids is 1. The number of carboxylic acid groups (broad SMARTS) is 1. The average molecular weight is 245 g/mol. The van der Waals surface area contributed by atoms with Crippen molar-refractivity contribution in [3.05, 3.63) is 36.0 Å². The van der Waals surface area contributed by atoms with Crippen LogP contribution in [0.15, 0.2) is 30.5 Å². The van der Waals surface area contributed by atoms with E-state index in [2.05, 4.69) is 4.98 Å². The molecule has 1 atom stereocenters. The monoisotopic (exact) mass is 245 g/mol. The third-order valence-electron chi connectivity index (χ3n) is 3.22. The maximum Gasteiger partial charge on any atom is 0.372 e. The predicted octanol–water partition coefficient (Wildman–Crippen LogP) is 2.71. The molecule has 1 heterocycles. The van der Waals surface area contributed by atoms with Crippen molar-refractivity contribution in [1.29, 1.82) is 0 Å². The molecule has 4 nitrogen and oxygen atoms in total. The van der Waals surface area contributed by atoms with Crippen molar-refractivity contribution in [2.24, 2.45) is 0 Å². The highest BCUT2D eigenvalue weighted by Crippen LogP contribution is 2.30. The first-order valence-corrected chi connectivity index (χ1v) is 5.95. The summed E-state index contributed by atoms with van der Waals surface area (Å²) in [5, 5.41) is 9.74. The molecule has 1 aromatic carbocycles. The zero-order valence-corrected chi connectivity index (χ0v) is 10.1. The number of carbonyl (C=O) groups is 2. The molecular weight excluding hydrogens is 230 g/mol. The van der Waals surface area contributed by atoms with Gasteiger partial charge in [0.1, 0.15) is 0 Å². The number of ketones is 1. The normalized spacial score (nSPS) is 12.5. The molecule has 0 bridgehead atoms. The Morgan fingerprint density at radius 2 is 2.06 bits per heavy atom. The highest BCUT2D eigenvalue weighted by atomic mass is 16.4. The molecule has 0 amide bonds. The molecule has 1 aromatic heterocycles. The van der Waals surface area contributed by atoms with Gasteiger partial charge in [0.25, 0.3) is 0 Å². The van der Waals surface area contributed by atoms with Gasteiger partial charge >= 0.3 is 5.97 Å². The van der Waals surface area contributed by atoms with E-state index in [-0.39, 0.29) is 12.3 Å². The first-order valence-electron chi connectivity index (χ1n) is 5.95. The lowest BCUT2D eigenvalue weighted by molar-refractivity contribution is -0.149. The van der Waals surface area contributed by atoms with Gasteiger partial charge in [0.2, 0.25) is 5.78 Å². The first kappa shape index (κ1) is 12.4. The van der Waals surface area contributed by atoms with Gasteiger partial charge in [-0.15, -0.1) is 0 Å². The first-order chi connectivity index (χ1) is 8.63. The Morgan fingerprint density at radius 1 is 1.33 bits per heavy atom. The van der Waals surface area contributed by atoms with Crippen LogP contribution in [0.25, 0.3) is 10.9 Å².